The van der Waals surface area contributed by atoms with Crippen molar-refractivity contribution in [3.8, 4) is 0 Å². The zero-order valence-corrected chi connectivity index (χ0v) is 13.9. The highest BCUT2D eigenvalue weighted by Gasteiger charge is 2.64. The molecule has 1 saturated carbocycles. The van der Waals surface area contributed by atoms with Gasteiger partial charge in [0.25, 0.3) is 0 Å². The normalized spacial score (nSPS) is 20.5. The number of halogens is 2. The SMILES string of the molecule is CC1(C)C(Cn2c(CCl)nc3cccc(Cl)c32)C1(C)C. The molecule has 0 unspecified atom stereocenters. The summed E-state index contributed by atoms with van der Waals surface area (Å²) in [6.07, 6.45) is 0. The van der Waals surface area contributed by atoms with Gasteiger partial charge in [0.1, 0.15) is 5.82 Å². The van der Waals surface area contributed by atoms with E-state index in [9.17, 15) is 0 Å². The number of aromatic nitrogens is 2. The van der Waals surface area contributed by atoms with Crippen LogP contribution < -0.4 is 0 Å². The highest BCUT2D eigenvalue weighted by Crippen LogP contribution is 2.69. The molecule has 0 bridgehead atoms. The Balaban J connectivity index is 2.08. The molecule has 3 rings (SSSR count). The molecule has 1 aromatic heterocycles. The van der Waals surface area contributed by atoms with Crippen molar-refractivity contribution in [2.24, 2.45) is 16.7 Å². The minimum atomic E-state index is 0.342. The van der Waals surface area contributed by atoms with Crippen LogP contribution in [0.1, 0.15) is 33.5 Å². The molecular formula is C16H20Cl2N2. The molecule has 2 aromatic rings. The first-order valence-corrected chi connectivity index (χ1v) is 7.91. The zero-order valence-electron chi connectivity index (χ0n) is 12.4. The third kappa shape index (κ3) is 1.81. The summed E-state index contributed by atoms with van der Waals surface area (Å²) in [5.74, 6) is 1.94. The van der Waals surface area contributed by atoms with Gasteiger partial charge in [0.2, 0.25) is 0 Å². The maximum absolute atomic E-state index is 6.37. The number of hydrogen-bond donors (Lipinski definition) is 0. The van der Waals surface area contributed by atoms with E-state index in [1.165, 1.54) is 0 Å². The van der Waals surface area contributed by atoms with Gasteiger partial charge in [0.05, 0.1) is 21.9 Å². The quantitative estimate of drug-likeness (QED) is 0.720. The summed E-state index contributed by atoms with van der Waals surface area (Å²) in [7, 11) is 0. The number of benzene rings is 1. The van der Waals surface area contributed by atoms with Crippen LogP contribution in [0.4, 0.5) is 0 Å². The minimum absolute atomic E-state index is 0.342. The maximum atomic E-state index is 6.37. The molecule has 20 heavy (non-hydrogen) atoms. The lowest BCUT2D eigenvalue weighted by Crippen LogP contribution is -2.08. The Morgan fingerprint density at radius 3 is 2.40 bits per heavy atom. The summed E-state index contributed by atoms with van der Waals surface area (Å²) < 4.78 is 2.21. The van der Waals surface area contributed by atoms with E-state index in [0.717, 1.165) is 28.4 Å². The van der Waals surface area contributed by atoms with E-state index in [-0.39, 0.29) is 0 Å². The Kier molecular flexibility index (Phi) is 3.11. The molecule has 0 aliphatic heterocycles. The van der Waals surface area contributed by atoms with E-state index in [2.05, 4.69) is 37.2 Å². The molecule has 2 nitrogen and oxygen atoms in total. The molecule has 0 amide bonds. The highest BCUT2D eigenvalue weighted by molar-refractivity contribution is 6.35. The van der Waals surface area contributed by atoms with Crippen LogP contribution in [0.3, 0.4) is 0 Å². The molecule has 1 aliphatic carbocycles. The fourth-order valence-corrected chi connectivity index (χ4v) is 3.94. The van der Waals surface area contributed by atoms with Crippen LogP contribution in [0.2, 0.25) is 5.02 Å². The summed E-state index contributed by atoms with van der Waals surface area (Å²) in [6, 6.07) is 5.85. The fourth-order valence-electron chi connectivity index (χ4n) is 3.46. The first-order chi connectivity index (χ1) is 9.30. The van der Waals surface area contributed by atoms with Gasteiger partial charge in [-0.15, -0.1) is 11.6 Å². The summed E-state index contributed by atoms with van der Waals surface area (Å²) >= 11 is 12.5. The van der Waals surface area contributed by atoms with E-state index in [1.807, 2.05) is 18.2 Å². The standard InChI is InChI=1S/C16H20Cl2N2/c1-15(2)12(16(15,3)4)9-20-13(8-17)19-11-7-5-6-10(18)14(11)20/h5-7,12H,8-9H2,1-4H3. The summed E-state index contributed by atoms with van der Waals surface area (Å²) in [5, 5.41) is 0.752. The number of rotatable bonds is 3. The molecule has 0 spiro atoms. The molecular weight excluding hydrogens is 291 g/mol. The van der Waals surface area contributed by atoms with Crippen molar-refractivity contribution in [3.63, 3.8) is 0 Å². The predicted molar refractivity (Wildman–Crippen MR) is 85.4 cm³/mol. The van der Waals surface area contributed by atoms with Gasteiger partial charge in [-0.1, -0.05) is 45.4 Å². The summed E-state index contributed by atoms with van der Waals surface area (Å²) in [6.45, 7) is 10.3. The van der Waals surface area contributed by atoms with Crippen molar-refractivity contribution in [3.05, 3.63) is 29.0 Å². The first-order valence-electron chi connectivity index (χ1n) is 7.00. The summed E-state index contributed by atoms with van der Waals surface area (Å²) in [5.41, 5.74) is 2.63. The van der Waals surface area contributed by atoms with Gasteiger partial charge in [0.15, 0.2) is 0 Å². The third-order valence-electron chi connectivity index (χ3n) is 5.60. The van der Waals surface area contributed by atoms with Gasteiger partial charge in [-0.05, 0) is 28.9 Å². The average molecular weight is 311 g/mol. The van der Waals surface area contributed by atoms with Crippen molar-refractivity contribution in [2.75, 3.05) is 0 Å². The Hall–Kier alpha value is -0.730. The Bertz CT molecular complexity index is 656. The monoisotopic (exact) mass is 310 g/mol. The molecule has 1 fully saturated rings. The second-order valence-corrected chi connectivity index (χ2v) is 7.55. The minimum Gasteiger partial charge on any atom is -0.325 e. The number of alkyl halides is 1. The molecule has 1 aliphatic rings. The molecule has 0 saturated heterocycles. The van der Waals surface area contributed by atoms with E-state index in [0.29, 0.717) is 22.6 Å². The van der Waals surface area contributed by atoms with E-state index >= 15 is 0 Å². The topological polar surface area (TPSA) is 17.8 Å². The molecule has 1 heterocycles. The number of hydrogen-bond acceptors (Lipinski definition) is 1. The second kappa shape index (κ2) is 4.38. The third-order valence-corrected chi connectivity index (χ3v) is 6.14. The second-order valence-electron chi connectivity index (χ2n) is 6.88. The predicted octanol–water partition coefficient (Wildman–Crippen LogP) is 5.11. The Morgan fingerprint density at radius 1 is 1.20 bits per heavy atom. The van der Waals surface area contributed by atoms with Gasteiger partial charge in [0, 0.05) is 6.54 Å². The van der Waals surface area contributed by atoms with Crippen LogP contribution in [0.5, 0.6) is 0 Å². The molecule has 0 radical (unpaired) electrons. The molecule has 4 heteroatoms. The van der Waals surface area contributed by atoms with Crippen LogP contribution in [0.25, 0.3) is 11.0 Å². The highest BCUT2D eigenvalue weighted by atomic mass is 35.5. The van der Waals surface area contributed by atoms with Gasteiger partial charge in [-0.2, -0.15) is 0 Å². The van der Waals surface area contributed by atoms with Gasteiger partial charge in [-0.3, -0.25) is 0 Å². The van der Waals surface area contributed by atoms with Crippen molar-refractivity contribution >= 4 is 34.2 Å². The summed E-state index contributed by atoms with van der Waals surface area (Å²) in [4.78, 5) is 4.61. The van der Waals surface area contributed by atoms with Gasteiger partial charge < -0.3 is 4.57 Å². The first kappa shape index (κ1) is 14.2. The Labute approximate surface area is 130 Å². The number of nitrogens with zero attached hydrogens (tertiary/aromatic N) is 2. The zero-order chi connectivity index (χ0) is 14.7. The van der Waals surface area contributed by atoms with E-state index in [1.54, 1.807) is 0 Å². The molecule has 1 aromatic carbocycles. The van der Waals surface area contributed by atoms with Crippen LogP contribution in [-0.4, -0.2) is 9.55 Å². The van der Waals surface area contributed by atoms with Crippen molar-refractivity contribution in [2.45, 2.75) is 40.1 Å². The van der Waals surface area contributed by atoms with Crippen LogP contribution in [0.15, 0.2) is 18.2 Å². The van der Waals surface area contributed by atoms with Crippen molar-refractivity contribution in [1.29, 1.82) is 0 Å². The number of fused-ring (bicyclic) bond motifs is 1. The Morgan fingerprint density at radius 2 is 1.85 bits per heavy atom. The van der Waals surface area contributed by atoms with Crippen molar-refractivity contribution in [1.82, 2.24) is 9.55 Å². The van der Waals surface area contributed by atoms with Crippen molar-refractivity contribution < 1.29 is 0 Å². The van der Waals surface area contributed by atoms with Gasteiger partial charge >= 0.3 is 0 Å². The van der Waals surface area contributed by atoms with Crippen LogP contribution >= 0.6 is 23.2 Å². The van der Waals surface area contributed by atoms with Crippen LogP contribution in [-0.2, 0) is 12.4 Å². The molecule has 108 valence electrons. The molecule has 0 N–H and O–H groups in total. The lowest BCUT2D eigenvalue weighted by atomic mass is 10.0. The van der Waals surface area contributed by atoms with Crippen LogP contribution in [0, 0.1) is 16.7 Å². The lowest BCUT2D eigenvalue weighted by molar-refractivity contribution is 0.457. The number of imidazole rings is 1. The lowest BCUT2D eigenvalue weighted by Gasteiger charge is -2.10. The maximum Gasteiger partial charge on any atom is 0.124 e. The average Bonchev–Trinajstić information content (AvgIpc) is 2.71. The number of para-hydroxylation sites is 1. The fraction of sp³-hybridized carbons (Fsp3) is 0.562. The molecule has 0 atom stereocenters. The van der Waals surface area contributed by atoms with E-state index < -0.39 is 0 Å². The van der Waals surface area contributed by atoms with Gasteiger partial charge in [-0.25, -0.2) is 4.98 Å². The largest absolute Gasteiger partial charge is 0.325 e. The van der Waals surface area contributed by atoms with E-state index in [4.69, 9.17) is 23.2 Å². The smallest absolute Gasteiger partial charge is 0.124 e.